The Hall–Kier alpha value is -0.580. The quantitative estimate of drug-likeness (QED) is 0.862. The number of amides is 1. The van der Waals surface area contributed by atoms with Gasteiger partial charge in [-0.2, -0.15) is 0 Å². The van der Waals surface area contributed by atoms with Gasteiger partial charge in [0.15, 0.2) is 0 Å². The fraction of sp³-hybridized carbons (Fsp3) is 0.300. The highest BCUT2D eigenvalue weighted by molar-refractivity contribution is 9.10. The molecule has 2 rings (SSSR count). The lowest BCUT2D eigenvalue weighted by atomic mass is 10.1. The zero-order valence-corrected chi connectivity index (χ0v) is 10.1. The van der Waals surface area contributed by atoms with E-state index in [4.69, 9.17) is 16.3 Å². The summed E-state index contributed by atoms with van der Waals surface area (Å²) in [7, 11) is 0. The van der Waals surface area contributed by atoms with E-state index in [-0.39, 0.29) is 18.6 Å². The molecule has 1 aromatic rings. The summed E-state index contributed by atoms with van der Waals surface area (Å²) in [5.41, 5.74) is 0.961. The lowest BCUT2D eigenvalue weighted by Crippen LogP contribution is -2.38. The second-order valence-corrected chi connectivity index (χ2v) is 4.56. The fourth-order valence-corrected chi connectivity index (χ4v) is 2.14. The van der Waals surface area contributed by atoms with Crippen molar-refractivity contribution in [2.45, 2.75) is 6.10 Å². The summed E-state index contributed by atoms with van der Waals surface area (Å²) < 4.78 is 6.35. The van der Waals surface area contributed by atoms with E-state index < -0.39 is 0 Å². The Bertz CT molecular complexity index is 387. The van der Waals surface area contributed by atoms with Crippen LogP contribution in [0.3, 0.4) is 0 Å². The summed E-state index contributed by atoms with van der Waals surface area (Å²) in [4.78, 5) is 10.9. The summed E-state index contributed by atoms with van der Waals surface area (Å²) >= 11 is 9.33. The maximum absolute atomic E-state index is 10.9. The van der Waals surface area contributed by atoms with E-state index in [2.05, 4.69) is 21.2 Å². The molecule has 80 valence electrons. The van der Waals surface area contributed by atoms with Crippen LogP contribution in [0.1, 0.15) is 11.7 Å². The molecule has 1 fully saturated rings. The second-order valence-electron chi connectivity index (χ2n) is 3.27. The molecule has 1 aliphatic heterocycles. The molecule has 5 heteroatoms. The number of benzene rings is 1. The summed E-state index contributed by atoms with van der Waals surface area (Å²) in [6.45, 7) is 0.585. The number of hydrogen-bond acceptors (Lipinski definition) is 2. The Labute approximate surface area is 101 Å². The molecule has 1 unspecified atom stereocenters. The Morgan fingerprint density at radius 1 is 1.53 bits per heavy atom. The van der Waals surface area contributed by atoms with Crippen molar-refractivity contribution in [3.8, 4) is 0 Å². The molecule has 0 aromatic heterocycles. The first kappa shape index (κ1) is 10.9. The third-order valence-corrected chi connectivity index (χ3v) is 3.16. The molecular formula is C10H9BrClNO2. The summed E-state index contributed by atoms with van der Waals surface area (Å²) in [6, 6.07) is 5.52. The number of ether oxygens (including phenoxy) is 1. The van der Waals surface area contributed by atoms with Crippen LogP contribution in [0.15, 0.2) is 22.7 Å². The van der Waals surface area contributed by atoms with Crippen LogP contribution >= 0.6 is 27.5 Å². The van der Waals surface area contributed by atoms with Crippen molar-refractivity contribution in [2.24, 2.45) is 0 Å². The number of nitrogens with one attached hydrogen (secondary N) is 1. The largest absolute Gasteiger partial charge is 0.362 e. The van der Waals surface area contributed by atoms with Crippen LogP contribution in [-0.2, 0) is 9.53 Å². The smallest absolute Gasteiger partial charge is 0.246 e. The van der Waals surface area contributed by atoms with Crippen LogP contribution in [0.4, 0.5) is 0 Å². The first-order chi connectivity index (χ1) is 7.16. The third-order valence-electron chi connectivity index (χ3n) is 2.21. The average molecular weight is 291 g/mol. The molecule has 0 bridgehead atoms. The lowest BCUT2D eigenvalue weighted by Gasteiger charge is -2.24. The predicted octanol–water partition coefficient (Wildman–Crippen LogP) is 2.29. The minimum absolute atomic E-state index is 0.0793. The van der Waals surface area contributed by atoms with Gasteiger partial charge in [0, 0.05) is 16.0 Å². The van der Waals surface area contributed by atoms with E-state index in [9.17, 15) is 4.79 Å². The highest BCUT2D eigenvalue weighted by Crippen LogP contribution is 2.29. The van der Waals surface area contributed by atoms with Gasteiger partial charge in [0.05, 0.1) is 0 Å². The molecule has 1 N–H and O–H groups in total. The highest BCUT2D eigenvalue weighted by atomic mass is 79.9. The molecule has 0 radical (unpaired) electrons. The average Bonchev–Trinajstić information content (AvgIpc) is 2.23. The van der Waals surface area contributed by atoms with E-state index >= 15 is 0 Å². The topological polar surface area (TPSA) is 38.3 Å². The van der Waals surface area contributed by atoms with Gasteiger partial charge in [-0.25, -0.2) is 0 Å². The van der Waals surface area contributed by atoms with Crippen molar-refractivity contribution in [2.75, 3.05) is 13.2 Å². The van der Waals surface area contributed by atoms with Gasteiger partial charge in [-0.1, -0.05) is 27.5 Å². The molecule has 0 aliphatic carbocycles. The van der Waals surface area contributed by atoms with Gasteiger partial charge in [0.1, 0.15) is 12.7 Å². The maximum atomic E-state index is 10.9. The monoisotopic (exact) mass is 289 g/mol. The molecule has 1 saturated heterocycles. The van der Waals surface area contributed by atoms with E-state index in [1.807, 2.05) is 12.1 Å². The summed E-state index contributed by atoms with van der Waals surface area (Å²) in [5.74, 6) is -0.0793. The minimum atomic E-state index is -0.129. The lowest BCUT2D eigenvalue weighted by molar-refractivity contribution is -0.133. The minimum Gasteiger partial charge on any atom is -0.362 e. The molecule has 3 nitrogen and oxygen atoms in total. The molecule has 0 saturated carbocycles. The number of carbonyl (C=O) groups excluding carboxylic acids is 1. The van der Waals surface area contributed by atoms with E-state index in [1.54, 1.807) is 6.07 Å². The van der Waals surface area contributed by atoms with E-state index in [0.717, 1.165) is 10.0 Å². The van der Waals surface area contributed by atoms with Gasteiger partial charge >= 0.3 is 0 Å². The Morgan fingerprint density at radius 3 is 3.00 bits per heavy atom. The Kier molecular flexibility index (Phi) is 3.29. The number of rotatable bonds is 1. The summed E-state index contributed by atoms with van der Waals surface area (Å²) in [6.07, 6.45) is -0.129. The number of hydrogen-bond donors (Lipinski definition) is 1. The summed E-state index contributed by atoms with van der Waals surface area (Å²) in [5, 5.41) is 3.41. The van der Waals surface area contributed by atoms with Gasteiger partial charge < -0.3 is 10.1 Å². The molecule has 1 amide bonds. The molecule has 1 heterocycles. The van der Waals surface area contributed by atoms with Gasteiger partial charge in [-0.3, -0.25) is 4.79 Å². The molecule has 1 atom stereocenters. The Balaban J connectivity index is 2.21. The van der Waals surface area contributed by atoms with Gasteiger partial charge in [-0.05, 0) is 23.8 Å². The van der Waals surface area contributed by atoms with Gasteiger partial charge in [0.2, 0.25) is 5.91 Å². The van der Waals surface area contributed by atoms with Gasteiger partial charge in [0.25, 0.3) is 0 Å². The second kappa shape index (κ2) is 4.51. The van der Waals surface area contributed by atoms with Gasteiger partial charge in [-0.15, -0.1) is 0 Å². The number of halogens is 2. The predicted molar refractivity (Wildman–Crippen MR) is 60.9 cm³/mol. The van der Waals surface area contributed by atoms with Crippen LogP contribution in [-0.4, -0.2) is 19.1 Å². The van der Waals surface area contributed by atoms with Crippen molar-refractivity contribution >= 4 is 33.4 Å². The van der Waals surface area contributed by atoms with Crippen LogP contribution in [0, 0.1) is 0 Å². The standard InChI is InChI=1S/C10H9BrClNO2/c11-8-2-1-6(12)3-7(8)9-4-13-10(14)5-15-9/h1-3,9H,4-5H2,(H,13,14). The van der Waals surface area contributed by atoms with Crippen molar-refractivity contribution in [3.63, 3.8) is 0 Å². The molecule has 1 aromatic carbocycles. The number of carbonyl (C=O) groups is 1. The van der Waals surface area contributed by atoms with E-state index in [1.165, 1.54) is 0 Å². The zero-order valence-electron chi connectivity index (χ0n) is 7.80. The van der Waals surface area contributed by atoms with Crippen molar-refractivity contribution in [1.82, 2.24) is 5.32 Å². The van der Waals surface area contributed by atoms with E-state index in [0.29, 0.717) is 11.6 Å². The van der Waals surface area contributed by atoms with Crippen LogP contribution < -0.4 is 5.32 Å². The SMILES string of the molecule is O=C1COC(c2cc(Cl)ccc2Br)CN1. The van der Waals surface area contributed by atoms with Crippen LogP contribution in [0.2, 0.25) is 5.02 Å². The molecule has 15 heavy (non-hydrogen) atoms. The maximum Gasteiger partial charge on any atom is 0.246 e. The van der Waals surface area contributed by atoms with Crippen molar-refractivity contribution in [1.29, 1.82) is 0 Å². The first-order valence-corrected chi connectivity index (χ1v) is 5.67. The van der Waals surface area contributed by atoms with Crippen LogP contribution in [0.25, 0.3) is 0 Å². The van der Waals surface area contributed by atoms with Crippen molar-refractivity contribution in [3.05, 3.63) is 33.3 Å². The first-order valence-electron chi connectivity index (χ1n) is 4.50. The molecule has 0 spiro atoms. The number of morpholine rings is 1. The molecule has 1 aliphatic rings. The van der Waals surface area contributed by atoms with Crippen LogP contribution in [0.5, 0.6) is 0 Å². The normalized spacial score (nSPS) is 21.2. The Morgan fingerprint density at radius 2 is 2.33 bits per heavy atom. The zero-order chi connectivity index (χ0) is 10.8. The highest BCUT2D eigenvalue weighted by Gasteiger charge is 2.21. The molecular weight excluding hydrogens is 281 g/mol. The van der Waals surface area contributed by atoms with Crippen molar-refractivity contribution < 1.29 is 9.53 Å². The third kappa shape index (κ3) is 2.51. The fourth-order valence-electron chi connectivity index (χ4n) is 1.45.